The Morgan fingerprint density at radius 1 is 1.48 bits per heavy atom. The molecule has 1 aliphatic carbocycles. The minimum atomic E-state index is -0.384. The number of ether oxygens (including phenoxy) is 1. The summed E-state index contributed by atoms with van der Waals surface area (Å²) >= 11 is 1.60. The average Bonchev–Trinajstić information content (AvgIpc) is 3.08. The number of thiophene rings is 1. The van der Waals surface area contributed by atoms with E-state index in [0.29, 0.717) is 17.1 Å². The second kappa shape index (κ2) is 8.16. The Morgan fingerprint density at radius 3 is 3.17 bits per heavy atom. The number of fused-ring (bicyclic) bond motifs is 3. The molecule has 0 radical (unpaired) electrons. The lowest BCUT2D eigenvalue weighted by molar-refractivity contribution is -0.121. The van der Waals surface area contributed by atoms with E-state index in [0.717, 1.165) is 35.2 Å². The van der Waals surface area contributed by atoms with Crippen LogP contribution in [0.15, 0.2) is 40.5 Å². The molecule has 0 bridgehead atoms. The fraction of sp³-hybridized carbons (Fsp3) is 0.333. The number of hydrazone groups is 1. The van der Waals surface area contributed by atoms with Crippen molar-refractivity contribution in [1.29, 1.82) is 0 Å². The van der Waals surface area contributed by atoms with Crippen molar-refractivity contribution in [3.63, 3.8) is 0 Å². The highest BCUT2D eigenvalue weighted by Crippen LogP contribution is 2.35. The molecule has 1 amide bonds. The van der Waals surface area contributed by atoms with E-state index in [9.17, 15) is 9.59 Å². The largest absolute Gasteiger partial charge is 0.497 e. The summed E-state index contributed by atoms with van der Waals surface area (Å²) in [6.45, 7) is 2.10. The van der Waals surface area contributed by atoms with E-state index in [-0.39, 0.29) is 18.0 Å². The highest BCUT2D eigenvalue weighted by molar-refractivity contribution is 7.18. The molecule has 1 aromatic carbocycles. The number of methoxy groups -OCH3 is 1. The molecule has 2 aromatic heterocycles. The van der Waals surface area contributed by atoms with Crippen LogP contribution in [0.4, 0.5) is 0 Å². The van der Waals surface area contributed by atoms with Crippen molar-refractivity contribution in [2.24, 2.45) is 11.0 Å². The summed E-state index contributed by atoms with van der Waals surface area (Å²) in [4.78, 5) is 31.6. The van der Waals surface area contributed by atoms with E-state index in [1.165, 1.54) is 22.0 Å². The van der Waals surface area contributed by atoms with Gasteiger partial charge in [-0.15, -0.1) is 11.3 Å². The second-order valence-corrected chi connectivity index (χ2v) is 8.36. The van der Waals surface area contributed by atoms with Crippen LogP contribution in [0.5, 0.6) is 5.75 Å². The fourth-order valence-corrected chi connectivity index (χ4v) is 4.91. The second-order valence-electron chi connectivity index (χ2n) is 7.28. The third kappa shape index (κ3) is 4.07. The number of benzene rings is 1. The van der Waals surface area contributed by atoms with Gasteiger partial charge in [-0.25, -0.2) is 10.4 Å². The number of carbonyl (C=O) groups excluding carboxylic acids is 1. The summed E-state index contributed by atoms with van der Waals surface area (Å²) in [6, 6.07) is 7.32. The van der Waals surface area contributed by atoms with Crippen molar-refractivity contribution in [3.05, 3.63) is 57.0 Å². The quantitative estimate of drug-likeness (QED) is 0.518. The zero-order valence-corrected chi connectivity index (χ0v) is 17.2. The summed E-state index contributed by atoms with van der Waals surface area (Å²) in [5.41, 5.74) is 4.21. The molecule has 0 unspecified atom stereocenters. The number of nitrogens with one attached hydrogen (secondary N) is 1. The lowest BCUT2D eigenvalue weighted by Gasteiger charge is -2.17. The molecule has 2 heterocycles. The number of aromatic nitrogens is 2. The first kappa shape index (κ1) is 19.3. The maximum Gasteiger partial charge on any atom is 0.262 e. The topological polar surface area (TPSA) is 85.6 Å². The van der Waals surface area contributed by atoms with Gasteiger partial charge in [-0.05, 0) is 48.4 Å². The van der Waals surface area contributed by atoms with Crippen LogP contribution in [0.2, 0.25) is 0 Å². The van der Waals surface area contributed by atoms with Gasteiger partial charge in [0.1, 0.15) is 17.1 Å². The van der Waals surface area contributed by atoms with E-state index in [1.54, 1.807) is 24.5 Å². The van der Waals surface area contributed by atoms with Crippen molar-refractivity contribution in [1.82, 2.24) is 15.0 Å². The van der Waals surface area contributed by atoms with Crippen LogP contribution in [-0.2, 0) is 24.2 Å². The van der Waals surface area contributed by atoms with Crippen LogP contribution in [-0.4, -0.2) is 28.8 Å². The molecule has 0 aliphatic heterocycles. The average molecular weight is 410 g/mol. The van der Waals surface area contributed by atoms with Crippen LogP contribution in [0.25, 0.3) is 10.2 Å². The van der Waals surface area contributed by atoms with Gasteiger partial charge in [-0.3, -0.25) is 14.2 Å². The van der Waals surface area contributed by atoms with Crippen molar-refractivity contribution in [2.45, 2.75) is 32.7 Å². The van der Waals surface area contributed by atoms with E-state index < -0.39 is 0 Å². The molecule has 0 spiro atoms. The van der Waals surface area contributed by atoms with Gasteiger partial charge in [0.2, 0.25) is 0 Å². The first-order valence-corrected chi connectivity index (χ1v) is 10.3. The van der Waals surface area contributed by atoms with Gasteiger partial charge in [0.05, 0.1) is 25.0 Å². The van der Waals surface area contributed by atoms with Crippen LogP contribution in [0.1, 0.15) is 29.3 Å². The first-order chi connectivity index (χ1) is 14.0. The van der Waals surface area contributed by atoms with Gasteiger partial charge >= 0.3 is 0 Å². The molecule has 8 heteroatoms. The maximum absolute atomic E-state index is 12.9. The molecule has 4 rings (SSSR count). The zero-order chi connectivity index (χ0) is 20.4. The Kier molecular flexibility index (Phi) is 5.44. The Morgan fingerprint density at radius 2 is 2.34 bits per heavy atom. The molecule has 0 fully saturated rings. The van der Waals surface area contributed by atoms with Gasteiger partial charge in [0.25, 0.3) is 11.5 Å². The van der Waals surface area contributed by atoms with Gasteiger partial charge in [0, 0.05) is 4.88 Å². The monoisotopic (exact) mass is 410 g/mol. The molecule has 7 nitrogen and oxygen atoms in total. The molecule has 3 aromatic rings. The molecular formula is C21H22N4O3S. The van der Waals surface area contributed by atoms with Crippen molar-refractivity contribution in [2.75, 3.05) is 7.11 Å². The first-order valence-electron chi connectivity index (χ1n) is 9.51. The maximum atomic E-state index is 12.9. The van der Waals surface area contributed by atoms with Gasteiger partial charge < -0.3 is 4.74 Å². The molecular weight excluding hydrogens is 388 g/mol. The van der Waals surface area contributed by atoms with Crippen molar-refractivity contribution in [3.8, 4) is 5.75 Å². The highest BCUT2D eigenvalue weighted by atomic mass is 32.1. The van der Waals surface area contributed by atoms with E-state index in [1.807, 2.05) is 18.2 Å². The number of hydrogen-bond donors (Lipinski definition) is 1. The molecule has 0 saturated heterocycles. The van der Waals surface area contributed by atoms with Gasteiger partial charge in [0.15, 0.2) is 0 Å². The highest BCUT2D eigenvalue weighted by Gasteiger charge is 2.23. The van der Waals surface area contributed by atoms with E-state index >= 15 is 0 Å². The summed E-state index contributed by atoms with van der Waals surface area (Å²) in [7, 11) is 1.59. The lowest BCUT2D eigenvalue weighted by Crippen LogP contribution is -2.30. The summed E-state index contributed by atoms with van der Waals surface area (Å²) < 4.78 is 6.51. The minimum absolute atomic E-state index is 0.127. The molecule has 29 heavy (non-hydrogen) atoms. The van der Waals surface area contributed by atoms with Gasteiger partial charge in [-0.2, -0.15) is 5.10 Å². The molecule has 0 saturated carbocycles. The van der Waals surface area contributed by atoms with Crippen LogP contribution >= 0.6 is 11.3 Å². The predicted octanol–water partition coefficient (Wildman–Crippen LogP) is 2.74. The van der Waals surface area contributed by atoms with Crippen LogP contribution in [0.3, 0.4) is 0 Å². The third-order valence-corrected chi connectivity index (χ3v) is 6.26. The molecule has 1 atom stereocenters. The predicted molar refractivity (Wildman–Crippen MR) is 114 cm³/mol. The Balaban J connectivity index is 1.49. The normalized spacial score (nSPS) is 16.1. The third-order valence-electron chi connectivity index (χ3n) is 5.09. The SMILES string of the molecule is COc1cccc(/C=N/NC(=O)Cn2cnc3sc4c(c3c2=O)CC[C@H](C)C4)c1. The number of amides is 1. The number of nitrogens with zero attached hydrogens (tertiary/aromatic N) is 3. The Bertz CT molecular complexity index is 1150. The number of aryl methyl sites for hydroxylation is 1. The van der Waals surface area contributed by atoms with Crippen molar-refractivity contribution < 1.29 is 9.53 Å². The lowest BCUT2D eigenvalue weighted by atomic mass is 9.89. The van der Waals surface area contributed by atoms with Crippen molar-refractivity contribution >= 4 is 33.7 Å². The minimum Gasteiger partial charge on any atom is -0.497 e. The van der Waals surface area contributed by atoms with E-state index in [2.05, 4.69) is 22.4 Å². The standard InChI is InChI=1S/C21H22N4O3S/c1-13-6-7-16-17(8-13)29-20-19(16)21(27)25(12-22-20)11-18(26)24-23-10-14-4-3-5-15(9-14)28-2/h3-5,9-10,12-13H,6-8,11H2,1-2H3,(H,24,26)/b23-10+/t13-/m0/s1. The van der Waals surface area contributed by atoms with Crippen LogP contribution < -0.4 is 15.7 Å². The zero-order valence-electron chi connectivity index (χ0n) is 16.3. The molecule has 150 valence electrons. The summed E-state index contributed by atoms with van der Waals surface area (Å²) in [5.74, 6) is 0.954. The van der Waals surface area contributed by atoms with E-state index in [4.69, 9.17) is 4.74 Å². The molecule has 1 aliphatic rings. The number of hydrogen-bond acceptors (Lipinski definition) is 6. The number of rotatable bonds is 5. The van der Waals surface area contributed by atoms with Gasteiger partial charge in [-0.1, -0.05) is 19.1 Å². The smallest absolute Gasteiger partial charge is 0.262 e. The van der Waals surface area contributed by atoms with Crippen LogP contribution in [0, 0.1) is 5.92 Å². The fourth-order valence-electron chi connectivity index (χ4n) is 3.57. The Labute approximate surface area is 172 Å². The summed E-state index contributed by atoms with van der Waals surface area (Å²) in [6.07, 6.45) is 5.94. The number of carbonyl (C=O) groups is 1. The summed E-state index contributed by atoms with van der Waals surface area (Å²) in [5, 5.41) is 4.63. The Hall–Kier alpha value is -3.00. The molecule has 1 N–H and O–H groups in total.